The quantitative estimate of drug-likeness (QED) is 0.823. The second-order valence-electron chi connectivity index (χ2n) is 6.21. The summed E-state index contributed by atoms with van der Waals surface area (Å²) in [7, 11) is 0. The lowest BCUT2D eigenvalue weighted by Gasteiger charge is -2.19. The number of amides is 1. The Morgan fingerprint density at radius 2 is 1.96 bits per heavy atom. The van der Waals surface area contributed by atoms with E-state index in [9.17, 15) is 9.59 Å². The van der Waals surface area contributed by atoms with Crippen molar-refractivity contribution in [1.82, 2.24) is 5.32 Å². The number of Topliss-reactive ketones (excluding diaryl/α,β-unsaturated/α-hetero) is 1. The Balaban J connectivity index is 1.47. The predicted octanol–water partition coefficient (Wildman–Crippen LogP) is 2.66. The van der Waals surface area contributed by atoms with E-state index in [1.807, 2.05) is 18.2 Å². The first-order valence-corrected chi connectivity index (χ1v) is 8.45. The molecule has 1 N–H and O–H groups in total. The molecule has 1 aliphatic rings. The highest BCUT2D eigenvalue weighted by Crippen LogP contribution is 2.19. The molecule has 1 saturated heterocycles. The number of ether oxygens (including phenoxy) is 1. The molecule has 1 unspecified atom stereocenters. The van der Waals surface area contributed by atoms with E-state index in [0.717, 1.165) is 19.5 Å². The van der Waals surface area contributed by atoms with Crippen molar-refractivity contribution in [2.45, 2.75) is 19.4 Å². The van der Waals surface area contributed by atoms with Gasteiger partial charge in [0, 0.05) is 30.4 Å². The molecule has 0 radical (unpaired) electrons. The molecule has 0 saturated carbocycles. The summed E-state index contributed by atoms with van der Waals surface area (Å²) in [5, 5.41) is 3.01. The van der Waals surface area contributed by atoms with Crippen LogP contribution in [0.5, 0.6) is 5.75 Å². The van der Waals surface area contributed by atoms with Gasteiger partial charge in [0.2, 0.25) is 0 Å². The van der Waals surface area contributed by atoms with Crippen LogP contribution < -0.4 is 15.0 Å². The summed E-state index contributed by atoms with van der Waals surface area (Å²) in [6.07, 6.45) is 0.917. The summed E-state index contributed by atoms with van der Waals surface area (Å²) in [6, 6.07) is 17.2. The monoisotopic (exact) mass is 338 g/mol. The van der Waals surface area contributed by atoms with Gasteiger partial charge in [-0.2, -0.15) is 0 Å². The lowest BCUT2D eigenvalue weighted by Crippen LogP contribution is -2.39. The van der Waals surface area contributed by atoms with E-state index in [1.165, 1.54) is 12.6 Å². The van der Waals surface area contributed by atoms with Crippen LogP contribution in [0, 0.1) is 0 Å². The summed E-state index contributed by atoms with van der Waals surface area (Å²) in [6.45, 7) is 3.18. The molecule has 0 aliphatic carbocycles. The molecule has 1 fully saturated rings. The van der Waals surface area contributed by atoms with Crippen molar-refractivity contribution in [2.75, 3.05) is 24.6 Å². The highest BCUT2D eigenvalue weighted by Gasteiger charge is 2.24. The third-order valence-corrected chi connectivity index (χ3v) is 4.29. The molecule has 3 rings (SSSR count). The topological polar surface area (TPSA) is 58.6 Å². The minimum atomic E-state index is -0.145. The summed E-state index contributed by atoms with van der Waals surface area (Å²) < 4.78 is 5.50. The van der Waals surface area contributed by atoms with Crippen LogP contribution >= 0.6 is 0 Å². The zero-order chi connectivity index (χ0) is 17.6. The number of hydrogen-bond donors (Lipinski definition) is 1. The van der Waals surface area contributed by atoms with E-state index in [4.69, 9.17) is 4.74 Å². The first-order valence-electron chi connectivity index (χ1n) is 8.45. The van der Waals surface area contributed by atoms with Crippen LogP contribution in [0.25, 0.3) is 0 Å². The SMILES string of the molecule is CC(=O)c1cccc(OCC(=O)NC2CCN(c3ccccc3)C2)c1. The van der Waals surface area contributed by atoms with Crippen LogP contribution in [-0.4, -0.2) is 37.4 Å². The number of para-hydroxylation sites is 1. The molecule has 0 bridgehead atoms. The molecule has 1 atom stereocenters. The van der Waals surface area contributed by atoms with E-state index < -0.39 is 0 Å². The maximum Gasteiger partial charge on any atom is 0.258 e. The second kappa shape index (κ2) is 7.83. The Morgan fingerprint density at radius 3 is 2.72 bits per heavy atom. The Hall–Kier alpha value is -2.82. The zero-order valence-electron chi connectivity index (χ0n) is 14.3. The number of benzene rings is 2. The van der Waals surface area contributed by atoms with Gasteiger partial charge in [0.25, 0.3) is 5.91 Å². The Morgan fingerprint density at radius 1 is 1.16 bits per heavy atom. The van der Waals surface area contributed by atoms with Crippen molar-refractivity contribution >= 4 is 17.4 Å². The van der Waals surface area contributed by atoms with Gasteiger partial charge in [-0.05, 0) is 37.6 Å². The van der Waals surface area contributed by atoms with Crippen LogP contribution in [0.1, 0.15) is 23.7 Å². The average Bonchev–Trinajstić information content (AvgIpc) is 3.09. The molecule has 2 aromatic carbocycles. The molecule has 1 aliphatic heterocycles. The van der Waals surface area contributed by atoms with Crippen LogP contribution in [0.2, 0.25) is 0 Å². The number of anilines is 1. The fourth-order valence-corrected chi connectivity index (χ4v) is 2.97. The lowest BCUT2D eigenvalue weighted by atomic mass is 10.1. The van der Waals surface area contributed by atoms with Gasteiger partial charge >= 0.3 is 0 Å². The first-order chi connectivity index (χ1) is 12.1. The fourth-order valence-electron chi connectivity index (χ4n) is 2.97. The molecular weight excluding hydrogens is 316 g/mol. The average molecular weight is 338 g/mol. The van der Waals surface area contributed by atoms with Crippen molar-refractivity contribution < 1.29 is 14.3 Å². The van der Waals surface area contributed by atoms with E-state index >= 15 is 0 Å². The maximum atomic E-state index is 12.1. The van der Waals surface area contributed by atoms with Gasteiger partial charge in [-0.3, -0.25) is 9.59 Å². The third-order valence-electron chi connectivity index (χ3n) is 4.29. The van der Waals surface area contributed by atoms with Crippen molar-refractivity contribution in [2.24, 2.45) is 0 Å². The minimum Gasteiger partial charge on any atom is -0.484 e. The van der Waals surface area contributed by atoms with Gasteiger partial charge in [-0.1, -0.05) is 30.3 Å². The van der Waals surface area contributed by atoms with Crippen molar-refractivity contribution in [3.63, 3.8) is 0 Å². The number of ketones is 1. The van der Waals surface area contributed by atoms with Crippen molar-refractivity contribution in [1.29, 1.82) is 0 Å². The Bertz CT molecular complexity index is 746. The van der Waals surface area contributed by atoms with E-state index in [1.54, 1.807) is 24.3 Å². The summed E-state index contributed by atoms with van der Waals surface area (Å²) in [4.78, 5) is 25.8. The predicted molar refractivity (Wildman–Crippen MR) is 97.1 cm³/mol. The van der Waals surface area contributed by atoms with Gasteiger partial charge < -0.3 is 15.0 Å². The lowest BCUT2D eigenvalue weighted by molar-refractivity contribution is -0.123. The zero-order valence-corrected chi connectivity index (χ0v) is 14.3. The molecular formula is C20H22N2O3. The molecule has 1 amide bonds. The van der Waals surface area contributed by atoms with Crippen LogP contribution in [0.15, 0.2) is 54.6 Å². The number of nitrogens with one attached hydrogen (secondary N) is 1. The Kier molecular flexibility index (Phi) is 5.33. The van der Waals surface area contributed by atoms with Gasteiger partial charge in [-0.15, -0.1) is 0 Å². The fraction of sp³-hybridized carbons (Fsp3) is 0.300. The van der Waals surface area contributed by atoms with Crippen LogP contribution in [0.4, 0.5) is 5.69 Å². The molecule has 5 heteroatoms. The third kappa shape index (κ3) is 4.59. The van der Waals surface area contributed by atoms with Crippen LogP contribution in [-0.2, 0) is 4.79 Å². The summed E-state index contributed by atoms with van der Waals surface area (Å²) in [5.74, 6) is 0.357. The minimum absolute atomic E-state index is 0.0261. The van der Waals surface area contributed by atoms with Gasteiger partial charge in [0.05, 0.1) is 0 Å². The van der Waals surface area contributed by atoms with E-state index in [-0.39, 0.29) is 24.3 Å². The molecule has 130 valence electrons. The molecule has 2 aromatic rings. The first kappa shape index (κ1) is 17.0. The smallest absolute Gasteiger partial charge is 0.258 e. The normalized spacial score (nSPS) is 16.5. The van der Waals surface area contributed by atoms with Gasteiger partial charge in [-0.25, -0.2) is 0 Å². The largest absolute Gasteiger partial charge is 0.484 e. The van der Waals surface area contributed by atoms with Crippen molar-refractivity contribution in [3.05, 3.63) is 60.2 Å². The highest BCUT2D eigenvalue weighted by atomic mass is 16.5. The summed E-state index contributed by atoms with van der Waals surface area (Å²) >= 11 is 0. The number of hydrogen-bond acceptors (Lipinski definition) is 4. The summed E-state index contributed by atoms with van der Waals surface area (Å²) in [5.41, 5.74) is 1.75. The Labute approximate surface area is 147 Å². The number of rotatable bonds is 6. The van der Waals surface area contributed by atoms with Gasteiger partial charge in [0.1, 0.15) is 5.75 Å². The molecule has 5 nitrogen and oxygen atoms in total. The number of nitrogens with zero attached hydrogens (tertiary/aromatic N) is 1. The number of carbonyl (C=O) groups is 2. The van der Waals surface area contributed by atoms with Gasteiger partial charge in [0.15, 0.2) is 12.4 Å². The maximum absolute atomic E-state index is 12.1. The standard InChI is InChI=1S/C20H22N2O3/c1-15(23)16-6-5-9-19(12-16)25-14-20(24)21-17-10-11-22(13-17)18-7-3-2-4-8-18/h2-9,12,17H,10-11,13-14H2,1H3,(H,21,24). The molecule has 1 heterocycles. The van der Waals surface area contributed by atoms with Crippen LogP contribution in [0.3, 0.4) is 0 Å². The van der Waals surface area contributed by atoms with E-state index in [2.05, 4.69) is 22.3 Å². The van der Waals surface area contributed by atoms with E-state index in [0.29, 0.717) is 11.3 Å². The van der Waals surface area contributed by atoms with Crippen molar-refractivity contribution in [3.8, 4) is 5.75 Å². The molecule has 25 heavy (non-hydrogen) atoms. The highest BCUT2D eigenvalue weighted by molar-refractivity contribution is 5.94. The number of carbonyl (C=O) groups excluding carboxylic acids is 2. The molecule has 0 spiro atoms. The molecule has 0 aromatic heterocycles. The second-order valence-corrected chi connectivity index (χ2v) is 6.21.